The largest absolute Gasteiger partial charge is 0.494 e. The summed E-state index contributed by atoms with van der Waals surface area (Å²) in [6.45, 7) is 2.01. The van der Waals surface area contributed by atoms with E-state index in [9.17, 15) is 4.39 Å². The molecular weight excluding hydrogens is 339 g/mol. The summed E-state index contributed by atoms with van der Waals surface area (Å²) in [7, 11) is 1.44. The lowest BCUT2D eigenvalue weighted by atomic mass is 10.1. The Morgan fingerprint density at radius 3 is 2.67 bits per heavy atom. The van der Waals surface area contributed by atoms with Crippen LogP contribution in [-0.4, -0.2) is 7.11 Å². The van der Waals surface area contributed by atoms with Crippen LogP contribution >= 0.6 is 38.9 Å². The van der Waals surface area contributed by atoms with Crippen molar-refractivity contribution in [1.29, 1.82) is 0 Å². The third-order valence-corrected chi connectivity index (χ3v) is 5.41. The maximum absolute atomic E-state index is 13.3. The maximum Gasteiger partial charge on any atom is 0.165 e. The van der Waals surface area contributed by atoms with Gasteiger partial charge in [-0.15, -0.1) is 22.9 Å². The van der Waals surface area contributed by atoms with Gasteiger partial charge in [0.15, 0.2) is 11.6 Å². The molecule has 1 heterocycles. The fraction of sp³-hybridized carbons (Fsp3) is 0.231. The first kappa shape index (κ1) is 13.8. The molecule has 0 fully saturated rings. The molecule has 1 aromatic carbocycles. The minimum Gasteiger partial charge on any atom is -0.494 e. The highest BCUT2D eigenvalue weighted by Crippen LogP contribution is 2.38. The molecule has 0 aliphatic heterocycles. The Kier molecular flexibility index (Phi) is 4.30. The van der Waals surface area contributed by atoms with Crippen LogP contribution in [0.4, 0.5) is 4.39 Å². The molecule has 18 heavy (non-hydrogen) atoms. The van der Waals surface area contributed by atoms with Crippen molar-refractivity contribution in [2.45, 2.75) is 12.3 Å². The summed E-state index contributed by atoms with van der Waals surface area (Å²) in [5, 5.41) is -0.297. The van der Waals surface area contributed by atoms with Gasteiger partial charge in [0.05, 0.1) is 16.3 Å². The molecule has 1 atom stereocenters. The number of thiophene rings is 1. The van der Waals surface area contributed by atoms with Crippen LogP contribution in [0.15, 0.2) is 28.1 Å². The summed E-state index contributed by atoms with van der Waals surface area (Å²) in [5.41, 5.74) is 1.97. The van der Waals surface area contributed by atoms with Crippen molar-refractivity contribution in [1.82, 2.24) is 0 Å². The predicted molar refractivity (Wildman–Crippen MR) is 77.4 cm³/mol. The standard InChI is InChI=1S/C13H11BrClFOS/c1-7-5-11(18-13(7)14)12(15)8-3-4-9(16)10(6-8)17-2/h3-6,12H,1-2H3. The van der Waals surface area contributed by atoms with E-state index in [1.54, 1.807) is 23.5 Å². The number of halogens is 3. The number of methoxy groups -OCH3 is 1. The van der Waals surface area contributed by atoms with Gasteiger partial charge in [-0.25, -0.2) is 4.39 Å². The molecule has 96 valence electrons. The zero-order chi connectivity index (χ0) is 13.3. The quantitative estimate of drug-likeness (QED) is 0.684. The first-order valence-electron chi connectivity index (χ1n) is 5.26. The Morgan fingerprint density at radius 2 is 2.11 bits per heavy atom. The van der Waals surface area contributed by atoms with Gasteiger partial charge in [-0.1, -0.05) is 6.07 Å². The summed E-state index contributed by atoms with van der Waals surface area (Å²) in [6.07, 6.45) is 0. The molecule has 0 aliphatic rings. The highest BCUT2D eigenvalue weighted by atomic mass is 79.9. The molecule has 0 saturated heterocycles. The molecule has 5 heteroatoms. The maximum atomic E-state index is 13.3. The van der Waals surface area contributed by atoms with Crippen LogP contribution in [0.1, 0.15) is 21.4 Å². The van der Waals surface area contributed by atoms with Crippen molar-refractivity contribution in [2.24, 2.45) is 0 Å². The highest BCUT2D eigenvalue weighted by molar-refractivity contribution is 9.11. The smallest absolute Gasteiger partial charge is 0.165 e. The topological polar surface area (TPSA) is 9.23 Å². The van der Waals surface area contributed by atoms with E-state index in [0.29, 0.717) is 0 Å². The zero-order valence-corrected chi connectivity index (χ0v) is 13.0. The van der Waals surface area contributed by atoms with E-state index in [4.69, 9.17) is 16.3 Å². The Balaban J connectivity index is 2.36. The fourth-order valence-corrected chi connectivity index (χ4v) is 3.52. The summed E-state index contributed by atoms with van der Waals surface area (Å²) < 4.78 is 19.4. The molecule has 0 amide bonds. The number of rotatable bonds is 3. The van der Waals surface area contributed by atoms with E-state index in [1.807, 2.05) is 13.0 Å². The second-order valence-corrected chi connectivity index (χ2v) is 6.70. The van der Waals surface area contributed by atoms with E-state index < -0.39 is 0 Å². The minimum atomic E-state index is -0.381. The molecular formula is C13H11BrClFOS. The summed E-state index contributed by atoms with van der Waals surface area (Å²) in [5.74, 6) is -0.167. The Morgan fingerprint density at radius 1 is 1.39 bits per heavy atom. The molecule has 0 bridgehead atoms. The number of ether oxygens (including phenoxy) is 1. The molecule has 0 saturated carbocycles. The van der Waals surface area contributed by atoms with Crippen LogP contribution in [-0.2, 0) is 0 Å². The van der Waals surface area contributed by atoms with Crippen molar-refractivity contribution in [3.05, 3.63) is 49.9 Å². The molecule has 0 N–H and O–H groups in total. The van der Waals surface area contributed by atoms with Crippen LogP contribution < -0.4 is 4.74 Å². The van der Waals surface area contributed by atoms with Crippen LogP contribution in [0, 0.1) is 12.7 Å². The molecule has 2 rings (SSSR count). The normalized spacial score (nSPS) is 12.5. The van der Waals surface area contributed by atoms with Crippen molar-refractivity contribution in [3.63, 3.8) is 0 Å². The van der Waals surface area contributed by atoms with E-state index >= 15 is 0 Å². The van der Waals surface area contributed by atoms with Crippen molar-refractivity contribution >= 4 is 38.9 Å². The van der Waals surface area contributed by atoms with Gasteiger partial charge in [0.1, 0.15) is 0 Å². The van der Waals surface area contributed by atoms with E-state index in [2.05, 4.69) is 15.9 Å². The SMILES string of the molecule is COc1cc(C(Cl)c2cc(C)c(Br)s2)ccc1F. The molecule has 0 spiro atoms. The Bertz CT molecular complexity index is 551. The van der Waals surface area contributed by atoms with Gasteiger partial charge in [0, 0.05) is 4.88 Å². The molecule has 1 aromatic heterocycles. The van der Waals surface area contributed by atoms with Crippen LogP contribution in [0.5, 0.6) is 5.75 Å². The summed E-state index contributed by atoms with van der Waals surface area (Å²) in [4.78, 5) is 1.02. The van der Waals surface area contributed by atoms with Crippen molar-refractivity contribution in [2.75, 3.05) is 7.11 Å². The molecule has 0 radical (unpaired) electrons. The third kappa shape index (κ3) is 2.71. The first-order valence-corrected chi connectivity index (χ1v) is 7.31. The molecule has 2 aromatic rings. The van der Waals surface area contributed by atoms with Gasteiger partial charge in [0.2, 0.25) is 0 Å². The number of hydrogen-bond acceptors (Lipinski definition) is 2. The summed E-state index contributed by atoms with van der Waals surface area (Å²) in [6, 6.07) is 6.72. The average molecular weight is 350 g/mol. The Labute approximate surface area is 123 Å². The lowest BCUT2D eigenvalue weighted by molar-refractivity contribution is 0.386. The number of alkyl halides is 1. The van der Waals surface area contributed by atoms with E-state index in [1.165, 1.54) is 13.2 Å². The second-order valence-electron chi connectivity index (χ2n) is 3.86. The average Bonchev–Trinajstić information content (AvgIpc) is 2.69. The van der Waals surface area contributed by atoms with E-state index in [0.717, 1.165) is 19.8 Å². The van der Waals surface area contributed by atoms with Crippen LogP contribution in [0.25, 0.3) is 0 Å². The Hall–Kier alpha value is -0.580. The second kappa shape index (κ2) is 5.59. The molecule has 1 unspecified atom stereocenters. The highest BCUT2D eigenvalue weighted by Gasteiger charge is 2.16. The van der Waals surface area contributed by atoms with Gasteiger partial charge in [-0.05, 0) is 52.2 Å². The van der Waals surface area contributed by atoms with Crippen LogP contribution in [0.2, 0.25) is 0 Å². The van der Waals surface area contributed by atoms with Gasteiger partial charge < -0.3 is 4.74 Å². The van der Waals surface area contributed by atoms with Gasteiger partial charge in [-0.3, -0.25) is 0 Å². The minimum absolute atomic E-state index is 0.213. The third-order valence-electron chi connectivity index (χ3n) is 2.59. The van der Waals surface area contributed by atoms with Gasteiger partial charge in [-0.2, -0.15) is 0 Å². The fourth-order valence-electron chi connectivity index (χ4n) is 1.61. The number of benzene rings is 1. The number of hydrogen-bond donors (Lipinski definition) is 0. The molecule has 0 aliphatic carbocycles. The predicted octanol–water partition coefficient (Wildman–Crippen LogP) is 5.29. The lowest BCUT2D eigenvalue weighted by Crippen LogP contribution is -1.94. The van der Waals surface area contributed by atoms with Crippen molar-refractivity contribution < 1.29 is 9.13 Å². The lowest BCUT2D eigenvalue weighted by Gasteiger charge is -2.10. The van der Waals surface area contributed by atoms with E-state index in [-0.39, 0.29) is 16.9 Å². The van der Waals surface area contributed by atoms with Crippen LogP contribution in [0.3, 0.4) is 0 Å². The van der Waals surface area contributed by atoms with Crippen molar-refractivity contribution in [3.8, 4) is 5.75 Å². The zero-order valence-electron chi connectivity index (χ0n) is 9.84. The number of aryl methyl sites for hydroxylation is 1. The van der Waals surface area contributed by atoms with Gasteiger partial charge >= 0.3 is 0 Å². The molecule has 1 nitrogen and oxygen atoms in total. The van der Waals surface area contributed by atoms with Gasteiger partial charge in [0.25, 0.3) is 0 Å². The monoisotopic (exact) mass is 348 g/mol. The first-order chi connectivity index (χ1) is 8.52. The summed E-state index contributed by atoms with van der Waals surface area (Å²) >= 11 is 11.5.